The summed E-state index contributed by atoms with van der Waals surface area (Å²) in [5, 5.41) is 2.35. The molecule has 2 aromatic heterocycles. The van der Waals surface area contributed by atoms with Crippen molar-refractivity contribution in [3.63, 3.8) is 0 Å². The number of hydrogen-bond acceptors (Lipinski definition) is 1. The van der Waals surface area contributed by atoms with E-state index < -0.39 is 0 Å². The van der Waals surface area contributed by atoms with Gasteiger partial charge in [-0.3, -0.25) is 4.79 Å². The van der Waals surface area contributed by atoms with Crippen LogP contribution in [-0.4, -0.2) is 10.7 Å². The number of aldehydes is 1. The van der Waals surface area contributed by atoms with Gasteiger partial charge in [0, 0.05) is 17.3 Å². The smallest absolute Gasteiger partial charge is 0.167 e. The van der Waals surface area contributed by atoms with Gasteiger partial charge in [0.15, 0.2) is 6.29 Å². The number of aryl methyl sites for hydroxylation is 1. The molecule has 22 heavy (non-hydrogen) atoms. The summed E-state index contributed by atoms with van der Waals surface area (Å²) in [4.78, 5) is 11.7. The SMILES string of the molecule is Cc1cccn2c(C=O)c(-c3cccc4ccccc34)cc12. The molecule has 0 atom stereocenters. The van der Waals surface area contributed by atoms with Crippen LogP contribution in [0.5, 0.6) is 0 Å². The molecule has 0 saturated carbocycles. The topological polar surface area (TPSA) is 21.5 Å². The first-order valence-electron chi connectivity index (χ1n) is 7.33. The van der Waals surface area contributed by atoms with Crippen LogP contribution in [0.1, 0.15) is 16.1 Å². The fourth-order valence-corrected chi connectivity index (χ4v) is 3.16. The van der Waals surface area contributed by atoms with Crippen LogP contribution in [0.2, 0.25) is 0 Å². The van der Waals surface area contributed by atoms with Gasteiger partial charge < -0.3 is 4.40 Å². The molecule has 0 unspecified atom stereocenters. The second-order valence-corrected chi connectivity index (χ2v) is 5.53. The highest BCUT2D eigenvalue weighted by Crippen LogP contribution is 2.33. The Morgan fingerprint density at radius 1 is 0.909 bits per heavy atom. The second kappa shape index (κ2) is 4.85. The lowest BCUT2D eigenvalue weighted by Gasteiger charge is -2.06. The molecule has 0 amide bonds. The number of fused-ring (bicyclic) bond motifs is 2. The van der Waals surface area contributed by atoms with Gasteiger partial charge in [-0.15, -0.1) is 0 Å². The monoisotopic (exact) mass is 285 g/mol. The Labute approximate surface area is 128 Å². The molecule has 0 fully saturated rings. The van der Waals surface area contributed by atoms with Gasteiger partial charge in [-0.1, -0.05) is 48.5 Å². The molecular formula is C20H15NO. The standard InChI is InChI=1S/C20H15NO/c1-14-6-5-11-21-19(14)12-18(20(21)13-22)17-10-4-8-15-7-2-3-9-16(15)17/h2-13H,1H3. The molecule has 2 heteroatoms. The van der Waals surface area contributed by atoms with Crippen molar-refractivity contribution in [3.8, 4) is 11.1 Å². The van der Waals surface area contributed by atoms with E-state index in [9.17, 15) is 4.79 Å². The first-order valence-corrected chi connectivity index (χ1v) is 7.33. The Morgan fingerprint density at radius 2 is 1.73 bits per heavy atom. The molecule has 4 rings (SSSR count). The van der Waals surface area contributed by atoms with E-state index in [4.69, 9.17) is 0 Å². The van der Waals surface area contributed by atoms with Gasteiger partial charge in [0.05, 0.1) is 5.69 Å². The van der Waals surface area contributed by atoms with Crippen molar-refractivity contribution in [2.75, 3.05) is 0 Å². The minimum atomic E-state index is 0.704. The zero-order valence-corrected chi connectivity index (χ0v) is 12.3. The Bertz CT molecular complexity index is 1010. The number of rotatable bonds is 2. The van der Waals surface area contributed by atoms with Gasteiger partial charge in [0.25, 0.3) is 0 Å². The first kappa shape index (κ1) is 12.8. The Balaban J connectivity index is 2.13. The minimum Gasteiger partial charge on any atom is -0.313 e. The van der Waals surface area contributed by atoms with E-state index in [1.165, 1.54) is 10.8 Å². The number of pyridine rings is 1. The zero-order chi connectivity index (χ0) is 15.1. The molecule has 0 radical (unpaired) electrons. The zero-order valence-electron chi connectivity index (χ0n) is 12.3. The summed E-state index contributed by atoms with van der Waals surface area (Å²) in [6.45, 7) is 2.07. The molecule has 0 bridgehead atoms. The number of nitrogens with zero attached hydrogens (tertiary/aromatic N) is 1. The van der Waals surface area contributed by atoms with Gasteiger partial charge in [-0.05, 0) is 41.0 Å². The van der Waals surface area contributed by atoms with Crippen molar-refractivity contribution in [1.29, 1.82) is 0 Å². The maximum atomic E-state index is 11.7. The predicted molar refractivity (Wildman–Crippen MR) is 90.5 cm³/mol. The van der Waals surface area contributed by atoms with Crippen LogP contribution < -0.4 is 0 Å². The molecule has 0 N–H and O–H groups in total. The molecule has 4 aromatic rings. The van der Waals surface area contributed by atoms with E-state index in [2.05, 4.69) is 43.3 Å². The van der Waals surface area contributed by atoms with Crippen LogP contribution in [-0.2, 0) is 0 Å². The van der Waals surface area contributed by atoms with Crippen molar-refractivity contribution in [1.82, 2.24) is 4.40 Å². The fraction of sp³-hybridized carbons (Fsp3) is 0.0500. The van der Waals surface area contributed by atoms with E-state index in [0.29, 0.717) is 5.69 Å². The van der Waals surface area contributed by atoms with Gasteiger partial charge in [0.2, 0.25) is 0 Å². The fourth-order valence-electron chi connectivity index (χ4n) is 3.16. The number of hydrogen-bond donors (Lipinski definition) is 0. The van der Waals surface area contributed by atoms with Crippen molar-refractivity contribution in [2.45, 2.75) is 6.92 Å². The van der Waals surface area contributed by atoms with Crippen LogP contribution in [0.4, 0.5) is 0 Å². The van der Waals surface area contributed by atoms with E-state index in [1.54, 1.807) is 0 Å². The summed E-state index contributed by atoms with van der Waals surface area (Å²) < 4.78 is 1.97. The van der Waals surface area contributed by atoms with Crippen LogP contribution in [0.15, 0.2) is 66.9 Å². The molecule has 0 saturated heterocycles. The Hall–Kier alpha value is -2.87. The van der Waals surface area contributed by atoms with Crippen molar-refractivity contribution in [2.24, 2.45) is 0 Å². The lowest BCUT2D eigenvalue weighted by molar-refractivity contribution is 0.111. The minimum absolute atomic E-state index is 0.704. The van der Waals surface area contributed by atoms with Crippen molar-refractivity contribution >= 4 is 22.6 Å². The molecule has 0 aliphatic rings. The highest BCUT2D eigenvalue weighted by molar-refractivity contribution is 6.01. The van der Waals surface area contributed by atoms with Crippen molar-refractivity contribution < 1.29 is 4.79 Å². The van der Waals surface area contributed by atoms with Gasteiger partial charge >= 0.3 is 0 Å². The summed E-state index contributed by atoms with van der Waals surface area (Å²) in [5.74, 6) is 0. The van der Waals surface area contributed by atoms with Gasteiger partial charge in [-0.25, -0.2) is 0 Å². The van der Waals surface area contributed by atoms with Gasteiger partial charge in [0.1, 0.15) is 0 Å². The third kappa shape index (κ3) is 1.77. The quantitative estimate of drug-likeness (QED) is 0.481. The van der Waals surface area contributed by atoms with Crippen LogP contribution in [0.25, 0.3) is 27.4 Å². The largest absolute Gasteiger partial charge is 0.313 e. The van der Waals surface area contributed by atoms with E-state index in [-0.39, 0.29) is 0 Å². The Morgan fingerprint density at radius 3 is 2.59 bits per heavy atom. The van der Waals surface area contributed by atoms with E-state index >= 15 is 0 Å². The lowest BCUT2D eigenvalue weighted by Crippen LogP contribution is -1.93. The highest BCUT2D eigenvalue weighted by Gasteiger charge is 2.14. The molecule has 2 heterocycles. The Kier molecular flexibility index (Phi) is 2.83. The first-order chi connectivity index (χ1) is 10.8. The summed E-state index contributed by atoms with van der Waals surface area (Å²) in [6, 6.07) is 20.6. The third-order valence-electron chi connectivity index (χ3n) is 4.25. The number of carbonyl (C=O) groups is 1. The summed E-state index contributed by atoms with van der Waals surface area (Å²) >= 11 is 0. The lowest BCUT2D eigenvalue weighted by atomic mass is 9.98. The maximum absolute atomic E-state index is 11.7. The van der Waals surface area contributed by atoms with Gasteiger partial charge in [-0.2, -0.15) is 0 Å². The average Bonchev–Trinajstić information content (AvgIpc) is 2.94. The highest BCUT2D eigenvalue weighted by atomic mass is 16.1. The second-order valence-electron chi connectivity index (χ2n) is 5.53. The summed E-state index contributed by atoms with van der Waals surface area (Å²) in [5.41, 5.74) is 5.03. The van der Waals surface area contributed by atoms with Crippen LogP contribution in [0.3, 0.4) is 0 Å². The number of carbonyl (C=O) groups excluding carboxylic acids is 1. The molecule has 0 spiro atoms. The molecule has 2 aromatic carbocycles. The normalized spacial score (nSPS) is 11.1. The molecule has 0 aliphatic heterocycles. The molecule has 2 nitrogen and oxygen atoms in total. The number of aromatic nitrogens is 1. The van der Waals surface area contributed by atoms with Crippen LogP contribution in [0, 0.1) is 6.92 Å². The maximum Gasteiger partial charge on any atom is 0.167 e. The number of benzene rings is 2. The molecular weight excluding hydrogens is 270 g/mol. The van der Waals surface area contributed by atoms with Crippen molar-refractivity contribution in [3.05, 3.63) is 78.1 Å². The van der Waals surface area contributed by atoms with E-state index in [0.717, 1.165) is 28.5 Å². The van der Waals surface area contributed by atoms with Crippen LogP contribution >= 0.6 is 0 Å². The summed E-state index contributed by atoms with van der Waals surface area (Å²) in [7, 11) is 0. The average molecular weight is 285 g/mol. The third-order valence-corrected chi connectivity index (χ3v) is 4.25. The molecule has 0 aliphatic carbocycles. The molecule has 106 valence electrons. The van der Waals surface area contributed by atoms with E-state index in [1.807, 2.05) is 34.9 Å². The summed E-state index contributed by atoms with van der Waals surface area (Å²) in [6.07, 6.45) is 2.89. The predicted octanol–water partition coefficient (Wildman–Crippen LogP) is 4.88.